The van der Waals surface area contributed by atoms with Gasteiger partial charge < -0.3 is 4.74 Å². The Hall–Kier alpha value is -2.59. The second-order valence-electron chi connectivity index (χ2n) is 4.49. The second kappa shape index (κ2) is 7.26. The number of nitrogens with zero attached hydrogens (tertiary/aromatic N) is 1. The molecule has 0 aliphatic carbocycles. The van der Waals surface area contributed by atoms with Crippen LogP contribution >= 0.6 is 0 Å². The van der Waals surface area contributed by atoms with E-state index in [4.69, 9.17) is 4.74 Å². The molecule has 0 atom stereocenters. The minimum Gasteiger partial charge on any atom is -0.457 e. The van der Waals surface area contributed by atoms with Gasteiger partial charge >= 0.3 is 0 Å². The third kappa shape index (κ3) is 4.78. The van der Waals surface area contributed by atoms with Gasteiger partial charge in [-0.15, -0.1) is 0 Å². The quantitative estimate of drug-likeness (QED) is 0.672. The minimum atomic E-state index is -0.383. The number of amides is 1. The van der Waals surface area contributed by atoms with Crippen LogP contribution in [0.1, 0.15) is 12.5 Å². The molecule has 1 N–H and O–H groups in total. The molecule has 2 rings (SSSR count). The summed E-state index contributed by atoms with van der Waals surface area (Å²) < 4.78 is 5.69. The van der Waals surface area contributed by atoms with Gasteiger partial charge in [-0.25, -0.2) is 5.06 Å². The first-order valence-corrected chi connectivity index (χ1v) is 6.61. The number of hydroxylamine groups is 2. The summed E-state index contributed by atoms with van der Waals surface area (Å²) in [6.07, 6.45) is 3.55. The highest BCUT2D eigenvalue weighted by Gasteiger charge is 2.00. The lowest BCUT2D eigenvalue weighted by Crippen LogP contribution is -2.24. The van der Waals surface area contributed by atoms with Gasteiger partial charge in [0.25, 0.3) is 0 Å². The smallest absolute Gasteiger partial charge is 0.243 e. The molecule has 21 heavy (non-hydrogen) atoms. The van der Waals surface area contributed by atoms with Crippen molar-refractivity contribution in [2.24, 2.45) is 0 Å². The fourth-order valence-electron chi connectivity index (χ4n) is 1.69. The molecule has 0 aliphatic rings. The average Bonchev–Trinajstić information content (AvgIpc) is 2.50. The highest BCUT2D eigenvalue weighted by atomic mass is 16.5. The van der Waals surface area contributed by atoms with Crippen molar-refractivity contribution >= 4 is 12.0 Å². The van der Waals surface area contributed by atoms with Gasteiger partial charge in [0.15, 0.2) is 0 Å². The van der Waals surface area contributed by atoms with Gasteiger partial charge in [0.2, 0.25) is 5.91 Å². The van der Waals surface area contributed by atoms with E-state index >= 15 is 0 Å². The predicted octanol–water partition coefficient (Wildman–Crippen LogP) is 3.73. The third-order valence-corrected chi connectivity index (χ3v) is 2.81. The normalized spacial score (nSPS) is 10.6. The highest BCUT2D eigenvalue weighted by Crippen LogP contribution is 2.21. The first-order chi connectivity index (χ1) is 10.1. The number of carbonyl (C=O) groups excluding carboxylic acids is 1. The summed E-state index contributed by atoms with van der Waals surface area (Å²) in [6, 6.07) is 17.1. The van der Waals surface area contributed by atoms with Gasteiger partial charge in [0.1, 0.15) is 11.5 Å². The number of ether oxygens (including phenoxy) is 1. The number of benzene rings is 2. The Morgan fingerprint density at radius 1 is 1.10 bits per heavy atom. The molecular weight excluding hydrogens is 266 g/mol. The Morgan fingerprint density at radius 3 is 2.33 bits per heavy atom. The van der Waals surface area contributed by atoms with Crippen LogP contribution in [0.25, 0.3) is 6.08 Å². The number of para-hydroxylation sites is 1. The van der Waals surface area contributed by atoms with E-state index < -0.39 is 0 Å². The molecule has 0 fully saturated rings. The third-order valence-electron chi connectivity index (χ3n) is 2.81. The molecule has 0 spiro atoms. The van der Waals surface area contributed by atoms with Crippen LogP contribution < -0.4 is 4.74 Å². The fourth-order valence-corrected chi connectivity index (χ4v) is 1.69. The molecule has 0 saturated heterocycles. The number of hydrogen-bond acceptors (Lipinski definition) is 3. The standard InChI is InChI=1S/C17H17NO3/c1-14(19)18(20)13-5-6-15-9-11-17(12-10-15)21-16-7-3-2-4-8-16/h2-12,20H,13H2,1H3/b6-5+. The van der Waals surface area contributed by atoms with Crippen LogP contribution in [0.2, 0.25) is 0 Å². The Balaban J connectivity index is 1.93. The summed E-state index contributed by atoms with van der Waals surface area (Å²) in [5.41, 5.74) is 0.965. The van der Waals surface area contributed by atoms with E-state index in [0.717, 1.165) is 17.1 Å². The maximum absolute atomic E-state index is 10.8. The zero-order valence-electron chi connectivity index (χ0n) is 11.8. The van der Waals surface area contributed by atoms with Crippen LogP contribution in [0, 0.1) is 0 Å². The SMILES string of the molecule is CC(=O)N(O)C/C=C/c1ccc(Oc2ccccc2)cc1. The molecule has 1 amide bonds. The number of carbonyl (C=O) groups is 1. The van der Waals surface area contributed by atoms with E-state index in [1.807, 2.05) is 60.7 Å². The molecule has 0 saturated carbocycles. The summed E-state index contributed by atoms with van der Waals surface area (Å²) in [7, 11) is 0. The molecule has 4 heteroatoms. The van der Waals surface area contributed by atoms with Crippen molar-refractivity contribution in [2.45, 2.75) is 6.92 Å². The summed E-state index contributed by atoms with van der Waals surface area (Å²) in [6.45, 7) is 1.47. The van der Waals surface area contributed by atoms with Crippen LogP contribution in [0.5, 0.6) is 11.5 Å². The van der Waals surface area contributed by atoms with Gasteiger partial charge in [-0.05, 0) is 29.8 Å². The monoisotopic (exact) mass is 283 g/mol. The summed E-state index contributed by atoms with van der Waals surface area (Å²) in [4.78, 5) is 10.8. The van der Waals surface area contributed by atoms with Gasteiger partial charge in [-0.3, -0.25) is 10.0 Å². The largest absolute Gasteiger partial charge is 0.457 e. The van der Waals surface area contributed by atoms with Crippen molar-refractivity contribution in [1.82, 2.24) is 5.06 Å². The Labute approximate surface area is 123 Å². The van der Waals surface area contributed by atoms with Gasteiger partial charge in [0, 0.05) is 6.92 Å². The summed E-state index contributed by atoms with van der Waals surface area (Å²) in [5.74, 6) is 1.16. The number of hydrogen-bond donors (Lipinski definition) is 1. The zero-order valence-corrected chi connectivity index (χ0v) is 11.8. The van der Waals surface area contributed by atoms with Crippen LogP contribution in [-0.2, 0) is 4.79 Å². The Kier molecular flexibility index (Phi) is 5.12. The molecule has 0 radical (unpaired) electrons. The fraction of sp³-hybridized carbons (Fsp3) is 0.118. The topological polar surface area (TPSA) is 49.8 Å². The molecule has 2 aromatic rings. The maximum atomic E-state index is 10.8. The van der Waals surface area contributed by atoms with Gasteiger partial charge in [-0.2, -0.15) is 0 Å². The van der Waals surface area contributed by atoms with E-state index in [-0.39, 0.29) is 12.5 Å². The van der Waals surface area contributed by atoms with Crippen LogP contribution in [0.4, 0.5) is 0 Å². The summed E-state index contributed by atoms with van der Waals surface area (Å²) in [5, 5.41) is 9.88. The highest BCUT2D eigenvalue weighted by molar-refractivity contribution is 5.72. The zero-order chi connectivity index (χ0) is 15.1. The minimum absolute atomic E-state index is 0.164. The van der Waals surface area contributed by atoms with E-state index in [1.54, 1.807) is 6.08 Å². The van der Waals surface area contributed by atoms with Crippen molar-refractivity contribution in [1.29, 1.82) is 0 Å². The first kappa shape index (κ1) is 14.8. The molecule has 0 unspecified atom stereocenters. The molecule has 0 aromatic heterocycles. The molecule has 0 bridgehead atoms. The molecule has 4 nitrogen and oxygen atoms in total. The predicted molar refractivity (Wildman–Crippen MR) is 81.2 cm³/mol. The summed E-state index contributed by atoms with van der Waals surface area (Å²) >= 11 is 0. The molecular formula is C17H17NO3. The first-order valence-electron chi connectivity index (χ1n) is 6.61. The van der Waals surface area contributed by atoms with E-state index in [2.05, 4.69) is 0 Å². The van der Waals surface area contributed by atoms with E-state index in [0.29, 0.717) is 5.06 Å². The van der Waals surface area contributed by atoms with Crippen LogP contribution in [-0.4, -0.2) is 22.7 Å². The van der Waals surface area contributed by atoms with Crippen molar-refractivity contribution in [2.75, 3.05) is 6.54 Å². The average molecular weight is 283 g/mol. The van der Waals surface area contributed by atoms with Crippen molar-refractivity contribution in [3.8, 4) is 11.5 Å². The Morgan fingerprint density at radius 2 is 1.71 bits per heavy atom. The number of rotatable bonds is 5. The maximum Gasteiger partial charge on any atom is 0.243 e. The second-order valence-corrected chi connectivity index (χ2v) is 4.49. The lowest BCUT2D eigenvalue weighted by atomic mass is 10.2. The lowest BCUT2D eigenvalue weighted by Gasteiger charge is -2.08. The van der Waals surface area contributed by atoms with Crippen LogP contribution in [0.15, 0.2) is 60.7 Å². The molecule has 2 aromatic carbocycles. The van der Waals surface area contributed by atoms with Gasteiger partial charge in [0.05, 0.1) is 6.54 Å². The van der Waals surface area contributed by atoms with E-state index in [9.17, 15) is 10.0 Å². The lowest BCUT2D eigenvalue weighted by molar-refractivity contribution is -0.160. The molecule has 108 valence electrons. The van der Waals surface area contributed by atoms with Crippen molar-refractivity contribution in [3.63, 3.8) is 0 Å². The van der Waals surface area contributed by atoms with E-state index in [1.165, 1.54) is 6.92 Å². The molecule has 0 aliphatic heterocycles. The van der Waals surface area contributed by atoms with Crippen molar-refractivity contribution < 1.29 is 14.7 Å². The van der Waals surface area contributed by atoms with Gasteiger partial charge in [-0.1, -0.05) is 42.5 Å². The molecule has 0 heterocycles. The van der Waals surface area contributed by atoms with Crippen molar-refractivity contribution in [3.05, 3.63) is 66.2 Å². The van der Waals surface area contributed by atoms with Crippen LogP contribution in [0.3, 0.4) is 0 Å². The Bertz CT molecular complexity index is 606.